The van der Waals surface area contributed by atoms with Crippen molar-refractivity contribution in [1.29, 1.82) is 0 Å². The Bertz CT molecular complexity index is 670. The molecule has 2 nitrogen and oxygen atoms in total. The fourth-order valence-electron chi connectivity index (χ4n) is 1.54. The Hall–Kier alpha value is -1.72. The van der Waals surface area contributed by atoms with Crippen LogP contribution >= 0.6 is 23.2 Å². The number of halogens is 5. The standard InChI is InChI=1S/C14H9Cl2F3N2/c15-11-4-2-1-3-9(11)8-20-21-13-7-10(14(17,18)19)5-6-12(13)16/h1-8,21H/b20-8+. The largest absolute Gasteiger partial charge is 0.416 e. The highest BCUT2D eigenvalue weighted by molar-refractivity contribution is 6.33. The average molecular weight is 333 g/mol. The summed E-state index contributed by atoms with van der Waals surface area (Å²) < 4.78 is 37.8. The third-order valence-corrected chi connectivity index (χ3v) is 3.26. The lowest BCUT2D eigenvalue weighted by Gasteiger charge is -2.09. The van der Waals surface area contributed by atoms with Crippen molar-refractivity contribution in [2.75, 3.05) is 5.43 Å². The number of hydrazone groups is 1. The van der Waals surface area contributed by atoms with Crippen molar-refractivity contribution >= 4 is 35.1 Å². The lowest BCUT2D eigenvalue weighted by molar-refractivity contribution is -0.137. The van der Waals surface area contributed by atoms with E-state index in [1.807, 2.05) is 0 Å². The molecule has 0 atom stereocenters. The number of nitrogens with zero attached hydrogens (tertiary/aromatic N) is 1. The van der Waals surface area contributed by atoms with Gasteiger partial charge >= 0.3 is 6.18 Å². The van der Waals surface area contributed by atoms with E-state index in [0.29, 0.717) is 10.6 Å². The summed E-state index contributed by atoms with van der Waals surface area (Å²) in [6.07, 6.45) is -3.04. The zero-order valence-corrected chi connectivity index (χ0v) is 12.0. The quantitative estimate of drug-likeness (QED) is 0.585. The molecule has 0 aliphatic carbocycles. The maximum absolute atomic E-state index is 12.6. The van der Waals surface area contributed by atoms with Crippen LogP contribution < -0.4 is 5.43 Å². The van der Waals surface area contributed by atoms with E-state index in [1.165, 1.54) is 6.21 Å². The number of anilines is 1. The minimum atomic E-state index is -4.44. The van der Waals surface area contributed by atoms with E-state index in [-0.39, 0.29) is 10.7 Å². The molecule has 0 radical (unpaired) electrons. The Morgan fingerprint density at radius 3 is 2.38 bits per heavy atom. The first-order chi connectivity index (χ1) is 9.88. The molecular formula is C14H9Cl2F3N2. The summed E-state index contributed by atoms with van der Waals surface area (Å²) in [6.45, 7) is 0. The molecule has 2 aromatic rings. The number of hydrogen-bond donors (Lipinski definition) is 1. The summed E-state index contributed by atoms with van der Waals surface area (Å²) in [4.78, 5) is 0. The van der Waals surface area contributed by atoms with Gasteiger partial charge in [0, 0.05) is 10.6 Å². The first kappa shape index (κ1) is 15.7. The third-order valence-electron chi connectivity index (χ3n) is 2.59. The summed E-state index contributed by atoms with van der Waals surface area (Å²) in [7, 11) is 0. The molecule has 110 valence electrons. The number of rotatable bonds is 3. The molecule has 0 spiro atoms. The van der Waals surface area contributed by atoms with Crippen molar-refractivity contribution in [1.82, 2.24) is 0 Å². The van der Waals surface area contributed by atoms with Gasteiger partial charge < -0.3 is 0 Å². The fraction of sp³-hybridized carbons (Fsp3) is 0.0714. The highest BCUT2D eigenvalue weighted by Crippen LogP contribution is 2.33. The van der Waals surface area contributed by atoms with Crippen LogP contribution in [-0.2, 0) is 6.18 Å². The molecule has 0 unspecified atom stereocenters. The molecule has 21 heavy (non-hydrogen) atoms. The molecule has 7 heteroatoms. The van der Waals surface area contributed by atoms with Gasteiger partial charge in [-0.25, -0.2) is 0 Å². The molecule has 0 saturated carbocycles. The first-order valence-corrected chi connectivity index (χ1v) is 6.54. The van der Waals surface area contributed by atoms with E-state index in [4.69, 9.17) is 23.2 Å². The van der Waals surface area contributed by atoms with E-state index in [2.05, 4.69) is 10.5 Å². The second kappa shape index (κ2) is 6.37. The maximum Gasteiger partial charge on any atom is 0.416 e. The van der Waals surface area contributed by atoms with Gasteiger partial charge in [0.2, 0.25) is 0 Å². The summed E-state index contributed by atoms with van der Waals surface area (Å²) in [5.41, 5.74) is 2.38. The predicted octanol–water partition coefficient (Wildman–Crippen LogP) is 5.46. The molecular weight excluding hydrogens is 324 g/mol. The van der Waals surface area contributed by atoms with E-state index < -0.39 is 11.7 Å². The van der Waals surface area contributed by atoms with Crippen LogP contribution in [0.15, 0.2) is 47.6 Å². The van der Waals surface area contributed by atoms with Crippen LogP contribution in [0.1, 0.15) is 11.1 Å². The Labute approximate surface area is 129 Å². The minimum Gasteiger partial charge on any atom is -0.277 e. The van der Waals surface area contributed by atoms with Gasteiger partial charge in [-0.05, 0) is 24.3 Å². The van der Waals surface area contributed by atoms with E-state index >= 15 is 0 Å². The van der Waals surface area contributed by atoms with Crippen molar-refractivity contribution in [3.8, 4) is 0 Å². The van der Waals surface area contributed by atoms with Gasteiger partial charge in [-0.2, -0.15) is 18.3 Å². The fourth-order valence-corrected chi connectivity index (χ4v) is 1.88. The van der Waals surface area contributed by atoms with Gasteiger partial charge in [0.25, 0.3) is 0 Å². The summed E-state index contributed by atoms with van der Waals surface area (Å²) >= 11 is 11.8. The van der Waals surface area contributed by atoms with E-state index in [0.717, 1.165) is 18.2 Å². The second-order valence-corrected chi connectivity index (χ2v) is 4.90. The number of benzene rings is 2. The Morgan fingerprint density at radius 1 is 1.00 bits per heavy atom. The van der Waals surface area contributed by atoms with Crippen LogP contribution in [0.2, 0.25) is 10.0 Å². The molecule has 1 N–H and O–H groups in total. The number of nitrogens with one attached hydrogen (secondary N) is 1. The van der Waals surface area contributed by atoms with Crippen molar-refractivity contribution < 1.29 is 13.2 Å². The van der Waals surface area contributed by atoms with Crippen molar-refractivity contribution in [3.05, 3.63) is 63.6 Å². The van der Waals surface area contributed by atoms with Crippen LogP contribution in [0, 0.1) is 0 Å². The highest BCUT2D eigenvalue weighted by atomic mass is 35.5. The average Bonchev–Trinajstić information content (AvgIpc) is 2.41. The monoisotopic (exact) mass is 332 g/mol. The third kappa shape index (κ3) is 4.12. The first-order valence-electron chi connectivity index (χ1n) is 5.78. The molecule has 0 amide bonds. The molecule has 2 rings (SSSR count). The molecule has 0 heterocycles. The smallest absolute Gasteiger partial charge is 0.277 e. The van der Waals surface area contributed by atoms with Gasteiger partial charge in [0.05, 0.1) is 22.5 Å². The molecule has 0 aliphatic heterocycles. The van der Waals surface area contributed by atoms with Gasteiger partial charge in [-0.1, -0.05) is 41.4 Å². The van der Waals surface area contributed by atoms with Crippen LogP contribution in [0.25, 0.3) is 0 Å². The van der Waals surface area contributed by atoms with Crippen LogP contribution in [-0.4, -0.2) is 6.21 Å². The molecule has 2 aromatic carbocycles. The van der Waals surface area contributed by atoms with E-state index in [1.54, 1.807) is 24.3 Å². The van der Waals surface area contributed by atoms with Crippen molar-refractivity contribution in [3.63, 3.8) is 0 Å². The van der Waals surface area contributed by atoms with Crippen molar-refractivity contribution in [2.24, 2.45) is 5.10 Å². The predicted molar refractivity (Wildman–Crippen MR) is 79.1 cm³/mol. The number of alkyl halides is 3. The summed E-state index contributed by atoms with van der Waals surface area (Å²) in [6, 6.07) is 9.90. The number of hydrogen-bond acceptors (Lipinski definition) is 2. The SMILES string of the molecule is FC(F)(F)c1ccc(Cl)c(N/N=C/c2ccccc2Cl)c1. The van der Waals surface area contributed by atoms with Gasteiger partial charge in [-0.3, -0.25) is 5.43 Å². The molecule has 0 fully saturated rings. The summed E-state index contributed by atoms with van der Waals surface area (Å²) in [5, 5.41) is 4.47. The van der Waals surface area contributed by atoms with Crippen molar-refractivity contribution in [2.45, 2.75) is 6.18 Å². The van der Waals surface area contributed by atoms with Gasteiger partial charge in [-0.15, -0.1) is 0 Å². The topological polar surface area (TPSA) is 24.4 Å². The lowest BCUT2D eigenvalue weighted by atomic mass is 10.2. The van der Waals surface area contributed by atoms with Crippen LogP contribution in [0.5, 0.6) is 0 Å². The minimum absolute atomic E-state index is 0.0646. The molecule has 0 aliphatic rings. The highest BCUT2D eigenvalue weighted by Gasteiger charge is 2.30. The summed E-state index contributed by atoms with van der Waals surface area (Å²) in [5.74, 6) is 0. The van der Waals surface area contributed by atoms with Crippen LogP contribution in [0.4, 0.5) is 18.9 Å². The molecule has 0 bridgehead atoms. The van der Waals surface area contributed by atoms with E-state index in [9.17, 15) is 13.2 Å². The van der Waals surface area contributed by atoms with Crippen LogP contribution in [0.3, 0.4) is 0 Å². The van der Waals surface area contributed by atoms with Gasteiger partial charge in [0.1, 0.15) is 0 Å². The Kier molecular flexibility index (Phi) is 4.75. The Balaban J connectivity index is 2.18. The normalized spacial score (nSPS) is 11.9. The van der Waals surface area contributed by atoms with Gasteiger partial charge in [0.15, 0.2) is 0 Å². The lowest BCUT2D eigenvalue weighted by Crippen LogP contribution is -2.05. The zero-order valence-electron chi connectivity index (χ0n) is 10.5. The molecule has 0 aromatic heterocycles. The second-order valence-electron chi connectivity index (χ2n) is 4.08. The zero-order chi connectivity index (χ0) is 15.5. The maximum atomic E-state index is 12.6. The Morgan fingerprint density at radius 2 is 1.71 bits per heavy atom. The molecule has 0 saturated heterocycles.